The van der Waals surface area contributed by atoms with Crippen LogP contribution < -0.4 is 5.32 Å². The maximum atomic E-state index is 12.9. The molecule has 4 rings (SSSR count). The van der Waals surface area contributed by atoms with E-state index in [2.05, 4.69) is 29.2 Å². The van der Waals surface area contributed by atoms with Crippen LogP contribution >= 0.6 is 0 Å². The number of amides is 1. The Bertz CT molecular complexity index is 665. The molecule has 3 aliphatic rings. The predicted molar refractivity (Wildman–Crippen MR) is 95.8 cm³/mol. The van der Waals surface area contributed by atoms with Gasteiger partial charge in [-0.3, -0.25) is 14.4 Å². The molecule has 1 N–H and O–H groups in total. The Morgan fingerprint density at radius 3 is 2.68 bits per heavy atom. The zero-order valence-electron chi connectivity index (χ0n) is 15.8. The Balaban J connectivity index is 1.40. The van der Waals surface area contributed by atoms with Crippen LogP contribution in [-0.4, -0.2) is 58.5 Å². The highest BCUT2D eigenvalue weighted by Crippen LogP contribution is 2.37. The molecule has 1 aliphatic carbocycles. The molecular weight excluding hydrogens is 316 g/mol. The minimum atomic E-state index is 0.0198. The highest BCUT2D eigenvalue weighted by Gasteiger charge is 2.42. The van der Waals surface area contributed by atoms with Crippen molar-refractivity contribution < 1.29 is 9.53 Å². The first-order valence-electron chi connectivity index (χ1n) is 9.66. The van der Waals surface area contributed by atoms with Crippen molar-refractivity contribution in [3.05, 3.63) is 17.0 Å². The average Bonchev–Trinajstić information content (AvgIpc) is 3.25. The Labute approximate surface area is 149 Å². The lowest BCUT2D eigenvalue weighted by atomic mass is 10.1. The number of fused-ring (bicyclic) bond motifs is 1. The second kappa shape index (κ2) is 6.40. The number of nitrogens with zero attached hydrogens (tertiary/aromatic N) is 3. The van der Waals surface area contributed by atoms with Crippen LogP contribution in [0, 0.1) is 19.8 Å². The average molecular weight is 346 g/mol. The molecular formula is C19H30N4O2. The van der Waals surface area contributed by atoms with Crippen LogP contribution in [-0.2, 0) is 4.74 Å². The summed E-state index contributed by atoms with van der Waals surface area (Å²) in [6.45, 7) is 10.9. The van der Waals surface area contributed by atoms with Crippen molar-refractivity contribution in [3.63, 3.8) is 0 Å². The van der Waals surface area contributed by atoms with Crippen LogP contribution in [0.25, 0.3) is 0 Å². The molecule has 1 aromatic rings. The van der Waals surface area contributed by atoms with E-state index in [1.54, 1.807) is 0 Å². The van der Waals surface area contributed by atoms with Crippen molar-refractivity contribution in [2.75, 3.05) is 19.7 Å². The molecule has 0 radical (unpaired) electrons. The number of morpholine rings is 1. The molecule has 0 spiro atoms. The molecule has 1 saturated carbocycles. The molecule has 3 atom stereocenters. The van der Waals surface area contributed by atoms with Gasteiger partial charge in [0.1, 0.15) is 0 Å². The fourth-order valence-electron chi connectivity index (χ4n) is 4.51. The van der Waals surface area contributed by atoms with Gasteiger partial charge in [0.05, 0.1) is 24.0 Å². The number of hydrogen-bond acceptors (Lipinski definition) is 4. The van der Waals surface area contributed by atoms with Gasteiger partial charge in [-0.25, -0.2) is 0 Å². The third kappa shape index (κ3) is 3.22. The van der Waals surface area contributed by atoms with Gasteiger partial charge in [0.25, 0.3) is 5.91 Å². The normalized spacial score (nSPS) is 29.9. The van der Waals surface area contributed by atoms with E-state index in [1.165, 1.54) is 12.8 Å². The van der Waals surface area contributed by atoms with E-state index >= 15 is 0 Å². The standard InChI is InChI=1S/C19H30N4O2/c1-11(2)23-13(4)18(12(3)21-23)19(24)20-15-7-16-10-25-17(14-5-6-14)9-22(16)8-15/h11,14-17H,5-10H2,1-4H3,(H,20,24)/t15-,16-,17-/m0/s1. The summed E-state index contributed by atoms with van der Waals surface area (Å²) in [7, 11) is 0. The number of aromatic nitrogens is 2. The smallest absolute Gasteiger partial charge is 0.255 e. The first kappa shape index (κ1) is 17.0. The number of carbonyl (C=O) groups is 1. The third-order valence-electron chi connectivity index (χ3n) is 5.97. The second-order valence-electron chi connectivity index (χ2n) is 8.31. The quantitative estimate of drug-likeness (QED) is 0.907. The molecule has 3 heterocycles. The van der Waals surface area contributed by atoms with Crippen LogP contribution in [0.15, 0.2) is 0 Å². The minimum Gasteiger partial charge on any atom is -0.375 e. The Morgan fingerprint density at radius 2 is 2.04 bits per heavy atom. The van der Waals surface area contributed by atoms with E-state index in [0.717, 1.165) is 49.0 Å². The van der Waals surface area contributed by atoms with Crippen molar-refractivity contribution in [2.24, 2.45) is 5.92 Å². The van der Waals surface area contributed by atoms with Crippen molar-refractivity contribution >= 4 is 5.91 Å². The first-order valence-corrected chi connectivity index (χ1v) is 9.66. The van der Waals surface area contributed by atoms with Crippen molar-refractivity contribution in [3.8, 4) is 0 Å². The Morgan fingerprint density at radius 1 is 1.28 bits per heavy atom. The van der Waals surface area contributed by atoms with E-state index in [-0.39, 0.29) is 18.0 Å². The van der Waals surface area contributed by atoms with Crippen LogP contribution in [0.4, 0.5) is 0 Å². The van der Waals surface area contributed by atoms with Gasteiger partial charge in [-0.1, -0.05) is 0 Å². The molecule has 25 heavy (non-hydrogen) atoms. The fraction of sp³-hybridized carbons (Fsp3) is 0.789. The summed E-state index contributed by atoms with van der Waals surface area (Å²) in [5.41, 5.74) is 2.51. The van der Waals surface area contributed by atoms with Gasteiger partial charge in [0, 0.05) is 36.9 Å². The zero-order chi connectivity index (χ0) is 17.7. The first-order chi connectivity index (χ1) is 11.9. The predicted octanol–water partition coefficient (Wildman–Crippen LogP) is 2.06. The van der Waals surface area contributed by atoms with Crippen LogP contribution in [0.3, 0.4) is 0 Å². The van der Waals surface area contributed by atoms with Crippen molar-refractivity contribution in [2.45, 2.75) is 71.2 Å². The number of carbonyl (C=O) groups excluding carboxylic acids is 1. The molecule has 2 saturated heterocycles. The summed E-state index contributed by atoms with van der Waals surface area (Å²) in [6.07, 6.45) is 4.04. The molecule has 0 aromatic carbocycles. The maximum Gasteiger partial charge on any atom is 0.255 e. The van der Waals surface area contributed by atoms with E-state index in [4.69, 9.17) is 4.74 Å². The molecule has 3 fully saturated rings. The highest BCUT2D eigenvalue weighted by atomic mass is 16.5. The summed E-state index contributed by atoms with van der Waals surface area (Å²) in [5.74, 6) is 0.799. The molecule has 0 unspecified atom stereocenters. The zero-order valence-corrected chi connectivity index (χ0v) is 15.8. The highest BCUT2D eigenvalue weighted by molar-refractivity contribution is 5.96. The third-order valence-corrected chi connectivity index (χ3v) is 5.97. The molecule has 0 bridgehead atoms. The van der Waals surface area contributed by atoms with E-state index in [1.807, 2.05) is 18.5 Å². The van der Waals surface area contributed by atoms with E-state index < -0.39 is 0 Å². The van der Waals surface area contributed by atoms with Gasteiger partial charge in [-0.05, 0) is 52.9 Å². The molecule has 138 valence electrons. The Hall–Kier alpha value is -1.40. The lowest BCUT2D eigenvalue weighted by Gasteiger charge is -2.35. The summed E-state index contributed by atoms with van der Waals surface area (Å²) >= 11 is 0. The molecule has 6 nitrogen and oxygen atoms in total. The fourth-order valence-corrected chi connectivity index (χ4v) is 4.51. The van der Waals surface area contributed by atoms with Crippen LogP contribution in [0.5, 0.6) is 0 Å². The lowest BCUT2D eigenvalue weighted by Crippen LogP contribution is -2.47. The topological polar surface area (TPSA) is 59.4 Å². The lowest BCUT2D eigenvalue weighted by molar-refractivity contribution is -0.0581. The van der Waals surface area contributed by atoms with Crippen LogP contribution in [0.1, 0.15) is 60.9 Å². The van der Waals surface area contributed by atoms with Gasteiger partial charge < -0.3 is 10.1 Å². The van der Waals surface area contributed by atoms with Gasteiger partial charge >= 0.3 is 0 Å². The van der Waals surface area contributed by atoms with Gasteiger partial charge in [0.2, 0.25) is 0 Å². The van der Waals surface area contributed by atoms with Crippen molar-refractivity contribution in [1.29, 1.82) is 0 Å². The molecule has 1 aromatic heterocycles. The van der Waals surface area contributed by atoms with Gasteiger partial charge in [-0.2, -0.15) is 5.10 Å². The number of ether oxygens (including phenoxy) is 1. The summed E-state index contributed by atoms with van der Waals surface area (Å²) in [5, 5.41) is 7.79. The number of nitrogens with one attached hydrogen (secondary N) is 1. The number of aryl methyl sites for hydroxylation is 1. The second-order valence-corrected chi connectivity index (χ2v) is 8.31. The molecule has 1 amide bonds. The minimum absolute atomic E-state index is 0.0198. The van der Waals surface area contributed by atoms with E-state index in [0.29, 0.717) is 12.1 Å². The summed E-state index contributed by atoms with van der Waals surface area (Å²) < 4.78 is 7.99. The maximum absolute atomic E-state index is 12.9. The summed E-state index contributed by atoms with van der Waals surface area (Å²) in [6, 6.07) is 0.929. The molecule has 6 heteroatoms. The largest absolute Gasteiger partial charge is 0.375 e. The SMILES string of the molecule is Cc1nn(C(C)C)c(C)c1C(=O)N[C@H]1C[C@H]2CO[C@H](C3CC3)CN2C1. The monoisotopic (exact) mass is 346 g/mol. The Kier molecular flexibility index (Phi) is 4.36. The number of rotatable bonds is 4. The van der Waals surface area contributed by atoms with Crippen LogP contribution in [0.2, 0.25) is 0 Å². The van der Waals surface area contributed by atoms with Gasteiger partial charge in [0.15, 0.2) is 0 Å². The van der Waals surface area contributed by atoms with Gasteiger partial charge in [-0.15, -0.1) is 0 Å². The summed E-state index contributed by atoms with van der Waals surface area (Å²) in [4.78, 5) is 15.4. The molecule has 2 aliphatic heterocycles. The van der Waals surface area contributed by atoms with E-state index in [9.17, 15) is 4.79 Å². The van der Waals surface area contributed by atoms with Crippen molar-refractivity contribution in [1.82, 2.24) is 20.0 Å². The number of hydrogen-bond donors (Lipinski definition) is 1.